The molecule has 0 saturated carbocycles. The Balaban J connectivity index is 1.95. The van der Waals surface area contributed by atoms with Gasteiger partial charge in [0.05, 0.1) is 5.88 Å². The molecule has 0 N–H and O–H groups in total. The van der Waals surface area contributed by atoms with Crippen molar-refractivity contribution in [2.24, 2.45) is 0 Å². The van der Waals surface area contributed by atoms with E-state index in [4.69, 9.17) is 16.0 Å². The Labute approximate surface area is 136 Å². The van der Waals surface area contributed by atoms with Gasteiger partial charge in [-0.15, -0.1) is 11.6 Å². The number of halogens is 2. The highest BCUT2D eigenvalue weighted by Gasteiger charge is 2.31. The molecule has 7 heteroatoms. The molecule has 1 aromatic heterocycles. The minimum Gasteiger partial charge on any atom is -0.452 e. The summed E-state index contributed by atoms with van der Waals surface area (Å²) in [7, 11) is -3.59. The number of sulfonamides is 1. The minimum absolute atomic E-state index is 0.136. The maximum absolute atomic E-state index is 12.7. The second-order valence-electron chi connectivity index (χ2n) is 4.84. The third kappa shape index (κ3) is 2.77. The van der Waals surface area contributed by atoms with Crippen molar-refractivity contribution in [3.8, 4) is 0 Å². The lowest BCUT2D eigenvalue weighted by Gasteiger charge is -2.27. The van der Waals surface area contributed by atoms with Crippen molar-refractivity contribution in [2.45, 2.75) is 23.7 Å². The van der Waals surface area contributed by atoms with E-state index in [-0.39, 0.29) is 15.4 Å². The number of furan rings is 1. The summed E-state index contributed by atoms with van der Waals surface area (Å²) in [4.78, 5) is 0.137. The van der Waals surface area contributed by atoms with Gasteiger partial charge in [-0.25, -0.2) is 8.42 Å². The first-order chi connectivity index (χ1) is 10.0. The topological polar surface area (TPSA) is 50.5 Å². The van der Waals surface area contributed by atoms with Crippen molar-refractivity contribution in [1.29, 1.82) is 0 Å². The van der Waals surface area contributed by atoms with Crippen LogP contribution in [0.4, 0.5) is 0 Å². The van der Waals surface area contributed by atoms with Gasteiger partial charge >= 0.3 is 0 Å². The Bertz CT molecular complexity index is 772. The number of alkyl halides is 1. The molecule has 2 heterocycles. The lowest BCUT2D eigenvalue weighted by Crippen LogP contribution is -2.35. The van der Waals surface area contributed by atoms with Gasteiger partial charge in [-0.2, -0.15) is 4.31 Å². The minimum atomic E-state index is -3.59. The Morgan fingerprint density at radius 3 is 2.67 bits per heavy atom. The van der Waals surface area contributed by atoms with Crippen LogP contribution in [-0.4, -0.2) is 19.3 Å². The average Bonchev–Trinajstić information content (AvgIpc) is 2.88. The Morgan fingerprint density at radius 2 is 2.00 bits per heavy atom. The molecular formula is C14H13BrClNO3S. The first-order valence-corrected chi connectivity index (χ1v) is 9.20. The van der Waals surface area contributed by atoms with Crippen molar-refractivity contribution >= 4 is 37.6 Å². The maximum Gasteiger partial charge on any atom is 0.247 e. The molecule has 0 spiro atoms. The van der Waals surface area contributed by atoms with Crippen LogP contribution in [0.15, 0.2) is 44.3 Å². The van der Waals surface area contributed by atoms with E-state index in [0.29, 0.717) is 25.3 Å². The Hall–Kier alpha value is -0.820. The highest BCUT2D eigenvalue weighted by molar-refractivity contribution is 9.10. The number of benzene rings is 1. The van der Waals surface area contributed by atoms with Gasteiger partial charge in [-0.05, 0) is 33.5 Å². The lowest BCUT2D eigenvalue weighted by molar-refractivity contribution is 0.389. The van der Waals surface area contributed by atoms with Crippen LogP contribution in [0.2, 0.25) is 0 Å². The molecule has 112 valence electrons. The molecule has 1 aliphatic rings. The zero-order valence-electron chi connectivity index (χ0n) is 11.1. The van der Waals surface area contributed by atoms with E-state index in [0.717, 1.165) is 5.56 Å². The van der Waals surface area contributed by atoms with Gasteiger partial charge in [0, 0.05) is 19.2 Å². The maximum atomic E-state index is 12.7. The van der Waals surface area contributed by atoms with Crippen LogP contribution < -0.4 is 0 Å². The van der Waals surface area contributed by atoms with Crippen LogP contribution >= 0.6 is 27.5 Å². The highest BCUT2D eigenvalue weighted by Crippen LogP contribution is 2.32. The van der Waals surface area contributed by atoms with E-state index in [2.05, 4.69) is 15.9 Å². The predicted octanol–water partition coefficient (Wildman–Crippen LogP) is 3.53. The fourth-order valence-electron chi connectivity index (χ4n) is 2.45. The van der Waals surface area contributed by atoms with Gasteiger partial charge in [0.15, 0.2) is 4.67 Å². The van der Waals surface area contributed by atoms with Gasteiger partial charge in [0.1, 0.15) is 10.7 Å². The van der Waals surface area contributed by atoms with Crippen molar-refractivity contribution in [3.05, 3.63) is 51.9 Å². The summed E-state index contributed by atoms with van der Waals surface area (Å²) in [5.74, 6) is 0.566. The zero-order valence-corrected chi connectivity index (χ0v) is 14.2. The van der Waals surface area contributed by atoms with E-state index in [9.17, 15) is 8.42 Å². The number of hydrogen-bond acceptors (Lipinski definition) is 3. The van der Waals surface area contributed by atoms with Crippen molar-refractivity contribution in [2.75, 3.05) is 6.54 Å². The standard InChI is InChI=1S/C14H13BrClNO3S/c15-14-13(7-12(8-16)20-14)21(18,19)17-6-5-10-3-1-2-4-11(10)9-17/h1-4,7H,5-6,8-9H2. The summed E-state index contributed by atoms with van der Waals surface area (Å²) in [6, 6.07) is 9.38. The zero-order chi connectivity index (χ0) is 15.0. The third-order valence-corrected chi connectivity index (χ3v) is 6.52. The molecule has 2 aromatic rings. The van der Waals surface area contributed by atoms with Crippen LogP contribution in [0.3, 0.4) is 0 Å². The summed E-state index contributed by atoms with van der Waals surface area (Å²) in [5.41, 5.74) is 2.25. The first-order valence-electron chi connectivity index (χ1n) is 6.43. The SMILES string of the molecule is O=S(=O)(c1cc(CCl)oc1Br)N1CCc2ccccc2C1. The van der Waals surface area contributed by atoms with E-state index >= 15 is 0 Å². The van der Waals surface area contributed by atoms with Crippen LogP contribution in [0, 0.1) is 0 Å². The highest BCUT2D eigenvalue weighted by atomic mass is 79.9. The van der Waals surface area contributed by atoms with Crippen molar-refractivity contribution in [3.63, 3.8) is 0 Å². The molecule has 3 rings (SSSR count). The summed E-state index contributed by atoms with van der Waals surface area (Å²) in [5, 5.41) is 0. The van der Waals surface area contributed by atoms with Gasteiger partial charge in [-0.1, -0.05) is 24.3 Å². The number of fused-ring (bicyclic) bond motifs is 1. The molecule has 0 radical (unpaired) electrons. The molecule has 0 bridgehead atoms. The fraction of sp³-hybridized carbons (Fsp3) is 0.286. The molecule has 1 aromatic carbocycles. The molecule has 0 fully saturated rings. The van der Waals surface area contributed by atoms with Crippen LogP contribution in [0.1, 0.15) is 16.9 Å². The number of rotatable bonds is 3. The largest absolute Gasteiger partial charge is 0.452 e. The second-order valence-corrected chi connectivity index (χ2v) is 7.74. The molecule has 0 unspecified atom stereocenters. The van der Waals surface area contributed by atoms with Crippen molar-refractivity contribution in [1.82, 2.24) is 4.31 Å². The molecule has 0 amide bonds. The Morgan fingerprint density at radius 1 is 1.29 bits per heavy atom. The lowest BCUT2D eigenvalue weighted by atomic mass is 10.0. The van der Waals surface area contributed by atoms with Gasteiger partial charge < -0.3 is 4.42 Å². The van der Waals surface area contributed by atoms with E-state index in [1.54, 1.807) is 0 Å². The number of hydrogen-bond donors (Lipinski definition) is 0. The van der Waals surface area contributed by atoms with Gasteiger partial charge in [0.2, 0.25) is 10.0 Å². The fourth-order valence-corrected chi connectivity index (χ4v) is 4.97. The monoisotopic (exact) mass is 389 g/mol. The van der Waals surface area contributed by atoms with Crippen molar-refractivity contribution < 1.29 is 12.8 Å². The van der Waals surface area contributed by atoms with E-state index < -0.39 is 10.0 Å². The molecule has 0 saturated heterocycles. The van der Waals surface area contributed by atoms with Crippen LogP contribution in [0.25, 0.3) is 0 Å². The average molecular weight is 391 g/mol. The van der Waals surface area contributed by atoms with E-state index in [1.165, 1.54) is 15.9 Å². The van der Waals surface area contributed by atoms with Crippen LogP contribution in [-0.2, 0) is 28.9 Å². The summed E-state index contributed by atoms with van der Waals surface area (Å²) >= 11 is 8.85. The summed E-state index contributed by atoms with van der Waals surface area (Å²) in [6.45, 7) is 0.847. The first kappa shape index (κ1) is 15.1. The quantitative estimate of drug-likeness (QED) is 0.753. The molecule has 0 aliphatic carbocycles. The smallest absolute Gasteiger partial charge is 0.247 e. The molecule has 21 heavy (non-hydrogen) atoms. The summed E-state index contributed by atoms with van der Waals surface area (Å²) in [6.07, 6.45) is 0.716. The second kappa shape index (κ2) is 5.76. The normalized spacial score (nSPS) is 15.9. The van der Waals surface area contributed by atoms with Crippen LogP contribution in [0.5, 0.6) is 0 Å². The van der Waals surface area contributed by atoms with E-state index in [1.807, 2.05) is 24.3 Å². The molecule has 4 nitrogen and oxygen atoms in total. The number of nitrogens with zero attached hydrogens (tertiary/aromatic N) is 1. The predicted molar refractivity (Wildman–Crippen MR) is 83.7 cm³/mol. The molecule has 1 aliphatic heterocycles. The Kier molecular flexibility index (Phi) is 4.14. The van der Waals surface area contributed by atoms with Gasteiger partial charge in [0.25, 0.3) is 0 Å². The van der Waals surface area contributed by atoms with Gasteiger partial charge in [-0.3, -0.25) is 0 Å². The molecular weight excluding hydrogens is 378 g/mol. The summed E-state index contributed by atoms with van der Waals surface area (Å²) < 4.78 is 32.4. The molecule has 0 atom stereocenters. The third-order valence-electron chi connectivity index (χ3n) is 3.55.